The molecule has 1 aromatic heterocycles. The molecule has 16 nitrogen and oxygen atoms in total. The first-order chi connectivity index (χ1) is 27.7. The summed E-state index contributed by atoms with van der Waals surface area (Å²) in [5.74, 6) is -3.58. The van der Waals surface area contributed by atoms with Crippen LogP contribution in [0.25, 0.3) is 0 Å². The number of benzene rings is 3. The van der Waals surface area contributed by atoms with Crippen molar-refractivity contribution >= 4 is 70.2 Å². The molecule has 3 aromatic carbocycles. The van der Waals surface area contributed by atoms with Crippen LogP contribution in [0, 0.1) is 0 Å². The van der Waals surface area contributed by atoms with E-state index in [-0.39, 0.29) is 36.3 Å². The average Bonchev–Trinajstić information content (AvgIpc) is 3.85. The molecule has 1 aliphatic carbocycles. The Hall–Kier alpha value is -6.50. The highest BCUT2D eigenvalue weighted by molar-refractivity contribution is 6.39. The standard InChI is InChI=1S/C38H37ClF3N9O7/c1-57-33(56)28(16-19-43-31(54)32(55)44-25-12-14-27(15-13-25)51-20-2-3-29(51)52)46-30(53)22-4-10-26(11-5-22)45-34-47-35(49-36(48-34)58-21-38(40,41)42)50-37(17-18-37)23-6-8-24(39)9-7-23/h4-15,28H,2-3,16-21H2,1H3,(H,43,54)(H,44,55)(H,46,53)(H2,45,47,48,49,50)/t28-/m0/s1. The van der Waals surface area contributed by atoms with Crippen molar-refractivity contribution in [1.29, 1.82) is 0 Å². The quantitative estimate of drug-likeness (QED) is 0.0806. The van der Waals surface area contributed by atoms with E-state index in [9.17, 15) is 37.1 Å². The third-order valence-corrected chi connectivity index (χ3v) is 9.36. The van der Waals surface area contributed by atoms with Crippen molar-refractivity contribution in [3.8, 4) is 6.01 Å². The van der Waals surface area contributed by atoms with Crippen LogP contribution in [0.2, 0.25) is 5.02 Å². The van der Waals surface area contributed by atoms with Crippen LogP contribution in [0.15, 0.2) is 72.8 Å². The number of alkyl halides is 3. The molecule has 4 aromatic rings. The molecule has 4 amide bonds. The Morgan fingerprint density at radius 1 is 0.897 bits per heavy atom. The molecule has 6 rings (SSSR count). The van der Waals surface area contributed by atoms with E-state index >= 15 is 0 Å². The van der Waals surface area contributed by atoms with E-state index in [0.29, 0.717) is 47.9 Å². The normalized spacial score (nSPS) is 14.8. The molecule has 0 spiro atoms. The zero-order valence-corrected chi connectivity index (χ0v) is 31.6. The Morgan fingerprint density at radius 2 is 1.57 bits per heavy atom. The predicted molar refractivity (Wildman–Crippen MR) is 205 cm³/mol. The van der Waals surface area contributed by atoms with Gasteiger partial charge in [-0.2, -0.15) is 28.1 Å². The molecule has 5 N–H and O–H groups in total. The Morgan fingerprint density at radius 3 is 2.19 bits per heavy atom. The number of nitrogens with zero attached hydrogens (tertiary/aromatic N) is 4. The number of carbonyl (C=O) groups excluding carboxylic acids is 5. The van der Waals surface area contributed by atoms with Crippen LogP contribution in [-0.4, -0.2) is 83.6 Å². The van der Waals surface area contributed by atoms with Gasteiger partial charge in [0.05, 0.1) is 12.6 Å². The van der Waals surface area contributed by atoms with E-state index < -0.39 is 54.1 Å². The first-order valence-corrected chi connectivity index (χ1v) is 18.3. The minimum Gasteiger partial charge on any atom is -0.467 e. The summed E-state index contributed by atoms with van der Waals surface area (Å²) >= 11 is 6.03. The SMILES string of the molecule is COC(=O)[C@H](CCNC(=O)C(=O)Nc1ccc(N2CCCC2=O)cc1)NC(=O)c1ccc(Nc2nc(NC3(c4ccc(Cl)cc4)CC3)nc(OCC(F)(F)F)n2)cc1. The van der Waals surface area contributed by atoms with E-state index in [1.54, 1.807) is 41.3 Å². The Kier molecular flexibility index (Phi) is 12.6. The summed E-state index contributed by atoms with van der Waals surface area (Å²) in [4.78, 5) is 76.5. The third-order valence-electron chi connectivity index (χ3n) is 9.11. The molecule has 2 fully saturated rings. The van der Waals surface area contributed by atoms with Gasteiger partial charge in [-0.25, -0.2) is 4.79 Å². The predicted octanol–water partition coefficient (Wildman–Crippen LogP) is 4.85. The molecule has 2 aliphatic rings. The second kappa shape index (κ2) is 17.7. The molecule has 2 heterocycles. The van der Waals surface area contributed by atoms with Gasteiger partial charge in [-0.15, -0.1) is 0 Å². The van der Waals surface area contributed by atoms with Gasteiger partial charge in [0.2, 0.25) is 17.8 Å². The maximum atomic E-state index is 13.1. The molecule has 1 aliphatic heterocycles. The molecule has 0 radical (unpaired) electrons. The number of carbonyl (C=O) groups is 5. The van der Waals surface area contributed by atoms with Gasteiger partial charge in [0.25, 0.3) is 5.91 Å². The van der Waals surface area contributed by atoms with Crippen molar-refractivity contribution in [3.63, 3.8) is 0 Å². The van der Waals surface area contributed by atoms with Crippen molar-refractivity contribution in [1.82, 2.24) is 25.6 Å². The van der Waals surface area contributed by atoms with Crippen LogP contribution < -0.4 is 36.2 Å². The molecule has 58 heavy (non-hydrogen) atoms. The second-order valence-electron chi connectivity index (χ2n) is 13.3. The lowest BCUT2D eigenvalue weighted by Gasteiger charge is -2.19. The van der Waals surface area contributed by atoms with Gasteiger partial charge in [0.1, 0.15) is 6.04 Å². The summed E-state index contributed by atoms with van der Waals surface area (Å²) < 4.78 is 48.6. The largest absolute Gasteiger partial charge is 0.467 e. The van der Waals surface area contributed by atoms with Crippen molar-refractivity contribution in [2.45, 2.75) is 49.9 Å². The molecular weight excluding hydrogens is 787 g/mol. The summed E-state index contributed by atoms with van der Waals surface area (Å²) in [5, 5.41) is 14.0. The Labute approximate surface area is 334 Å². The Balaban J connectivity index is 1.04. The minimum absolute atomic E-state index is 0.0147. The zero-order valence-electron chi connectivity index (χ0n) is 30.8. The number of nitrogens with one attached hydrogen (secondary N) is 5. The van der Waals surface area contributed by atoms with Crippen LogP contribution in [0.3, 0.4) is 0 Å². The van der Waals surface area contributed by atoms with Crippen LogP contribution in [-0.2, 0) is 29.5 Å². The lowest BCUT2D eigenvalue weighted by atomic mass is 10.1. The number of amides is 4. The minimum atomic E-state index is -4.64. The highest BCUT2D eigenvalue weighted by Gasteiger charge is 2.45. The van der Waals surface area contributed by atoms with E-state index in [4.69, 9.17) is 21.1 Å². The van der Waals surface area contributed by atoms with Crippen molar-refractivity contribution in [2.24, 2.45) is 0 Å². The number of rotatable bonds is 15. The molecule has 304 valence electrons. The topological polar surface area (TPSA) is 206 Å². The van der Waals surface area contributed by atoms with Gasteiger partial charge in [-0.05, 0) is 91.9 Å². The monoisotopic (exact) mass is 823 g/mol. The highest BCUT2D eigenvalue weighted by atomic mass is 35.5. The fourth-order valence-corrected chi connectivity index (χ4v) is 6.11. The summed E-state index contributed by atoms with van der Waals surface area (Å²) in [6.45, 7) is -1.20. The number of anilines is 5. The van der Waals surface area contributed by atoms with Gasteiger partial charge < -0.3 is 41.0 Å². The lowest BCUT2D eigenvalue weighted by molar-refractivity contribution is -0.154. The molecule has 1 saturated heterocycles. The molecule has 20 heteroatoms. The van der Waals surface area contributed by atoms with E-state index in [1.807, 2.05) is 12.1 Å². The maximum Gasteiger partial charge on any atom is 0.422 e. The van der Waals surface area contributed by atoms with Crippen LogP contribution in [0.4, 0.5) is 42.1 Å². The first kappa shape index (κ1) is 41.1. The number of hydrogen-bond donors (Lipinski definition) is 5. The average molecular weight is 824 g/mol. The van der Waals surface area contributed by atoms with E-state index in [1.165, 1.54) is 24.3 Å². The zero-order chi connectivity index (χ0) is 41.5. The summed E-state index contributed by atoms with van der Waals surface area (Å²) in [7, 11) is 1.13. The first-order valence-electron chi connectivity index (χ1n) is 18.0. The summed E-state index contributed by atoms with van der Waals surface area (Å²) in [5.41, 5.74) is 1.81. The fraction of sp³-hybridized carbons (Fsp3) is 0.316. The number of ether oxygens (including phenoxy) is 2. The van der Waals surface area contributed by atoms with Crippen LogP contribution in [0.5, 0.6) is 6.01 Å². The van der Waals surface area contributed by atoms with Crippen molar-refractivity contribution in [3.05, 3.63) is 88.9 Å². The number of esters is 1. The molecule has 0 bridgehead atoms. The maximum absolute atomic E-state index is 13.1. The number of halogens is 4. The number of aromatic nitrogens is 3. The van der Waals surface area contributed by atoms with Gasteiger partial charge in [-0.1, -0.05) is 23.7 Å². The number of methoxy groups -OCH3 is 1. The van der Waals surface area contributed by atoms with Crippen molar-refractivity contribution in [2.75, 3.05) is 47.7 Å². The van der Waals surface area contributed by atoms with Crippen LogP contribution >= 0.6 is 11.6 Å². The summed E-state index contributed by atoms with van der Waals surface area (Å²) in [6, 6.07) is 17.6. The van der Waals surface area contributed by atoms with Gasteiger partial charge >= 0.3 is 30.0 Å². The van der Waals surface area contributed by atoms with Gasteiger partial charge in [0.15, 0.2) is 6.61 Å². The Bertz CT molecular complexity index is 2150. The fourth-order valence-electron chi connectivity index (χ4n) is 5.98. The molecule has 1 atom stereocenters. The van der Waals surface area contributed by atoms with Crippen molar-refractivity contribution < 1.29 is 46.6 Å². The number of hydrogen-bond acceptors (Lipinski definition) is 12. The molecule has 0 unspecified atom stereocenters. The molecular formula is C38H37ClF3N9O7. The summed E-state index contributed by atoms with van der Waals surface area (Å²) in [6.07, 6.45) is -2.12. The second-order valence-corrected chi connectivity index (χ2v) is 13.8. The van der Waals surface area contributed by atoms with Gasteiger partial charge in [0, 0.05) is 47.2 Å². The third kappa shape index (κ3) is 10.9. The van der Waals surface area contributed by atoms with Crippen LogP contribution in [0.1, 0.15) is 48.0 Å². The smallest absolute Gasteiger partial charge is 0.422 e. The lowest BCUT2D eigenvalue weighted by Crippen LogP contribution is -2.44. The van der Waals surface area contributed by atoms with E-state index in [2.05, 4.69) is 41.5 Å². The highest BCUT2D eigenvalue weighted by Crippen LogP contribution is 2.48. The molecule has 1 saturated carbocycles. The van der Waals surface area contributed by atoms with Gasteiger partial charge in [-0.3, -0.25) is 19.2 Å². The van der Waals surface area contributed by atoms with E-state index in [0.717, 1.165) is 19.1 Å².